The van der Waals surface area contributed by atoms with Crippen molar-refractivity contribution in [3.05, 3.63) is 48.6 Å². The number of rotatable bonds is 54. The summed E-state index contributed by atoms with van der Waals surface area (Å²) in [5.74, 6) is -0.394. The lowest BCUT2D eigenvalue weighted by Gasteiger charge is -2.18. The number of unbranched alkanes of at least 4 members (excludes halogenated alkanes) is 35. The maximum atomic E-state index is 12.9. The van der Waals surface area contributed by atoms with Gasteiger partial charge in [-0.05, 0) is 77.0 Å². The van der Waals surface area contributed by atoms with Gasteiger partial charge in [0.05, 0.1) is 6.61 Å². The van der Waals surface area contributed by atoms with E-state index >= 15 is 0 Å². The van der Waals surface area contributed by atoms with Crippen LogP contribution in [0.4, 0.5) is 0 Å². The number of hydrogen-bond donors (Lipinski definition) is 0. The molecule has 0 radical (unpaired) electrons. The molecule has 0 rings (SSSR count). The number of carbonyl (C=O) groups excluding carboxylic acids is 2. The van der Waals surface area contributed by atoms with E-state index in [4.69, 9.17) is 14.2 Å². The third-order valence-electron chi connectivity index (χ3n) is 12.8. The van der Waals surface area contributed by atoms with Gasteiger partial charge in [-0.15, -0.1) is 0 Å². The predicted molar refractivity (Wildman–Crippen MR) is 288 cm³/mol. The molecule has 0 fully saturated rings. The van der Waals surface area contributed by atoms with Crippen molar-refractivity contribution in [1.29, 1.82) is 0 Å². The van der Waals surface area contributed by atoms with Crippen LogP contribution in [0, 0.1) is 0 Å². The van der Waals surface area contributed by atoms with Crippen molar-refractivity contribution in [1.82, 2.24) is 0 Å². The zero-order chi connectivity index (χ0) is 47.7. The Kier molecular flexibility index (Phi) is 55.3. The molecule has 0 aromatic rings. The van der Waals surface area contributed by atoms with Gasteiger partial charge >= 0.3 is 11.9 Å². The summed E-state index contributed by atoms with van der Waals surface area (Å²) >= 11 is 0. The summed E-state index contributed by atoms with van der Waals surface area (Å²) in [6, 6.07) is 0. The molecule has 1 unspecified atom stereocenters. The lowest BCUT2D eigenvalue weighted by molar-refractivity contribution is -0.163. The molecule has 0 aliphatic rings. The van der Waals surface area contributed by atoms with E-state index in [9.17, 15) is 9.59 Å². The smallest absolute Gasteiger partial charge is 0.306 e. The molecule has 0 spiro atoms. The number of hydrogen-bond acceptors (Lipinski definition) is 5. The van der Waals surface area contributed by atoms with Crippen LogP contribution in [-0.2, 0) is 23.8 Å². The summed E-state index contributed by atoms with van der Waals surface area (Å²) in [5, 5.41) is 0. The Labute approximate surface area is 412 Å². The van der Waals surface area contributed by atoms with Crippen molar-refractivity contribution in [2.75, 3.05) is 19.8 Å². The zero-order valence-electron chi connectivity index (χ0n) is 44.5. The van der Waals surface area contributed by atoms with Gasteiger partial charge < -0.3 is 14.2 Å². The molecule has 0 saturated carbocycles. The molecule has 66 heavy (non-hydrogen) atoms. The van der Waals surface area contributed by atoms with Crippen molar-refractivity contribution >= 4 is 11.9 Å². The summed E-state index contributed by atoms with van der Waals surface area (Å²) < 4.78 is 17.5. The second-order valence-electron chi connectivity index (χ2n) is 19.5. The van der Waals surface area contributed by atoms with Gasteiger partial charge in [-0.2, -0.15) is 0 Å². The van der Waals surface area contributed by atoms with Crippen molar-refractivity contribution in [3.63, 3.8) is 0 Å². The minimum atomic E-state index is -0.542. The fourth-order valence-corrected chi connectivity index (χ4v) is 8.52. The van der Waals surface area contributed by atoms with Crippen LogP contribution in [0.2, 0.25) is 0 Å². The molecule has 0 amide bonds. The molecule has 5 nitrogen and oxygen atoms in total. The summed E-state index contributed by atoms with van der Waals surface area (Å²) in [7, 11) is 0. The van der Waals surface area contributed by atoms with Crippen LogP contribution in [0.15, 0.2) is 48.6 Å². The van der Waals surface area contributed by atoms with Crippen LogP contribution in [0.5, 0.6) is 0 Å². The van der Waals surface area contributed by atoms with E-state index in [1.807, 2.05) is 0 Å². The van der Waals surface area contributed by atoms with E-state index in [0.29, 0.717) is 19.4 Å². The second kappa shape index (κ2) is 57.2. The van der Waals surface area contributed by atoms with E-state index in [1.54, 1.807) is 0 Å². The van der Waals surface area contributed by atoms with Crippen molar-refractivity contribution < 1.29 is 23.8 Å². The van der Waals surface area contributed by atoms with Gasteiger partial charge in [0.15, 0.2) is 6.10 Å². The van der Waals surface area contributed by atoms with Crippen molar-refractivity contribution in [3.8, 4) is 0 Å². The normalized spacial score (nSPS) is 12.5. The predicted octanol–water partition coefficient (Wildman–Crippen LogP) is 19.9. The minimum Gasteiger partial charge on any atom is -0.462 e. The SMILES string of the molecule is CC/C=C\C/C=C\C/C=C\CCCCCCCCCCOCC(COC(=O)CCCCCCCCCCCCCCCCCCC)OC(=O)CCCCCCC/C=C\CCCCCCCC. The number of carbonyl (C=O) groups is 2. The summed E-state index contributed by atoms with van der Waals surface area (Å²) in [6.07, 6.45) is 71.3. The van der Waals surface area contributed by atoms with Crippen LogP contribution in [0.3, 0.4) is 0 Å². The van der Waals surface area contributed by atoms with Gasteiger partial charge in [0.1, 0.15) is 6.61 Å². The fourth-order valence-electron chi connectivity index (χ4n) is 8.52. The van der Waals surface area contributed by atoms with Gasteiger partial charge in [-0.3, -0.25) is 9.59 Å². The average Bonchev–Trinajstić information content (AvgIpc) is 3.32. The van der Waals surface area contributed by atoms with E-state index in [1.165, 1.54) is 199 Å². The first-order chi connectivity index (χ1) is 32.6. The molecular weight excluding hydrogens is 813 g/mol. The van der Waals surface area contributed by atoms with E-state index in [0.717, 1.165) is 70.6 Å². The molecule has 0 saturated heterocycles. The molecular formula is C61H112O5. The van der Waals surface area contributed by atoms with Crippen LogP contribution >= 0.6 is 0 Å². The topological polar surface area (TPSA) is 61.8 Å². The van der Waals surface area contributed by atoms with Crippen LogP contribution in [-0.4, -0.2) is 37.9 Å². The molecule has 386 valence electrons. The van der Waals surface area contributed by atoms with Crippen LogP contribution in [0.25, 0.3) is 0 Å². The Hall–Kier alpha value is -2.14. The maximum absolute atomic E-state index is 12.9. The first-order valence-corrected chi connectivity index (χ1v) is 29.2. The Balaban J connectivity index is 4.25. The highest BCUT2D eigenvalue weighted by atomic mass is 16.6. The zero-order valence-corrected chi connectivity index (χ0v) is 44.5. The molecule has 0 aromatic carbocycles. The third-order valence-corrected chi connectivity index (χ3v) is 12.8. The van der Waals surface area contributed by atoms with Crippen molar-refractivity contribution in [2.45, 2.75) is 309 Å². The average molecular weight is 926 g/mol. The van der Waals surface area contributed by atoms with E-state index < -0.39 is 6.10 Å². The van der Waals surface area contributed by atoms with Crippen LogP contribution < -0.4 is 0 Å². The molecule has 0 aliphatic heterocycles. The monoisotopic (exact) mass is 925 g/mol. The van der Waals surface area contributed by atoms with Gasteiger partial charge in [0.2, 0.25) is 0 Å². The standard InChI is InChI=1S/C61H112O5/c1-4-7-10-13-16-19-22-25-28-30-32-35-38-41-44-47-50-53-56-64-57-59(66-61(63)55-52-49-46-43-40-37-33-27-24-21-18-15-12-9-6-3)58-65-60(62)54-51-48-45-42-39-36-34-31-29-26-23-20-17-14-11-8-5-2/h7,10,16,19,25,27-28,33,59H,4-6,8-9,11-15,17-18,20-24,26,29-32,34-58H2,1-3H3/b10-7-,19-16-,28-25-,33-27-. The summed E-state index contributed by atoms with van der Waals surface area (Å²) in [6.45, 7) is 7.74. The number of ether oxygens (including phenoxy) is 3. The molecule has 0 aliphatic carbocycles. The quantitative estimate of drug-likeness (QED) is 0.0345. The Morgan fingerprint density at radius 3 is 1.11 bits per heavy atom. The van der Waals surface area contributed by atoms with Gasteiger partial charge in [0, 0.05) is 19.4 Å². The molecule has 5 heteroatoms. The molecule has 1 atom stereocenters. The number of allylic oxidation sites excluding steroid dienone is 8. The van der Waals surface area contributed by atoms with Crippen molar-refractivity contribution in [2.24, 2.45) is 0 Å². The van der Waals surface area contributed by atoms with E-state index in [-0.39, 0.29) is 25.2 Å². The van der Waals surface area contributed by atoms with Gasteiger partial charge in [0.25, 0.3) is 0 Å². The first kappa shape index (κ1) is 63.9. The van der Waals surface area contributed by atoms with Crippen LogP contribution in [0.1, 0.15) is 303 Å². The largest absolute Gasteiger partial charge is 0.462 e. The molecule has 0 aromatic heterocycles. The summed E-state index contributed by atoms with van der Waals surface area (Å²) in [4.78, 5) is 25.5. The molecule has 0 heterocycles. The Morgan fingerprint density at radius 1 is 0.348 bits per heavy atom. The fraction of sp³-hybridized carbons (Fsp3) is 0.836. The third kappa shape index (κ3) is 54.5. The van der Waals surface area contributed by atoms with E-state index in [2.05, 4.69) is 69.4 Å². The summed E-state index contributed by atoms with van der Waals surface area (Å²) in [5.41, 5.74) is 0. The van der Waals surface area contributed by atoms with Gasteiger partial charge in [-0.1, -0.05) is 262 Å². The maximum Gasteiger partial charge on any atom is 0.306 e. The minimum absolute atomic E-state index is 0.0830. The molecule has 0 N–H and O–H groups in total. The lowest BCUT2D eigenvalue weighted by atomic mass is 10.0. The highest BCUT2D eigenvalue weighted by Gasteiger charge is 2.17. The molecule has 0 bridgehead atoms. The second-order valence-corrected chi connectivity index (χ2v) is 19.5. The number of esters is 2. The highest BCUT2D eigenvalue weighted by molar-refractivity contribution is 5.70. The Bertz CT molecular complexity index is 1090. The lowest BCUT2D eigenvalue weighted by Crippen LogP contribution is -2.30. The van der Waals surface area contributed by atoms with Gasteiger partial charge in [-0.25, -0.2) is 0 Å². The Morgan fingerprint density at radius 2 is 0.682 bits per heavy atom. The first-order valence-electron chi connectivity index (χ1n) is 29.2. The highest BCUT2D eigenvalue weighted by Crippen LogP contribution is 2.16.